The number of fused-ring (bicyclic) bond motifs is 1. The lowest BCUT2D eigenvalue weighted by Gasteiger charge is -2.26. The molecule has 0 atom stereocenters. The Morgan fingerprint density at radius 1 is 1.25 bits per heavy atom. The molecule has 104 valence electrons. The van der Waals surface area contributed by atoms with Crippen LogP contribution in [0.4, 0.5) is 4.39 Å². The Bertz CT molecular complexity index is 726. The van der Waals surface area contributed by atoms with Crippen LogP contribution in [0.3, 0.4) is 0 Å². The Hall–Kier alpha value is -2.21. The number of benzene rings is 1. The normalized spacial score (nSPS) is 16.4. The first kappa shape index (κ1) is 12.8. The van der Waals surface area contributed by atoms with Crippen molar-refractivity contribution in [3.63, 3.8) is 0 Å². The Kier molecular flexibility index (Phi) is 3.23. The van der Waals surface area contributed by atoms with E-state index in [1.165, 1.54) is 18.2 Å². The summed E-state index contributed by atoms with van der Waals surface area (Å²) in [6.45, 7) is 2.18. The SMILES string of the molecule is O=C1CN(Cc2cc(=O)c3cc(F)ccc3[nH]2)CCN1. The molecule has 1 aliphatic heterocycles. The number of aromatic nitrogens is 1. The van der Waals surface area contributed by atoms with Crippen LogP contribution in [-0.4, -0.2) is 35.4 Å². The second-order valence-electron chi connectivity index (χ2n) is 4.91. The molecule has 1 aromatic carbocycles. The van der Waals surface area contributed by atoms with Crippen molar-refractivity contribution >= 4 is 16.8 Å². The molecule has 2 aromatic rings. The molecular formula is C14H14FN3O2. The third kappa shape index (κ3) is 2.55. The molecule has 0 spiro atoms. The summed E-state index contributed by atoms with van der Waals surface area (Å²) in [5, 5.41) is 3.09. The average Bonchev–Trinajstić information content (AvgIpc) is 2.40. The van der Waals surface area contributed by atoms with E-state index in [0.29, 0.717) is 30.5 Å². The molecular weight excluding hydrogens is 261 g/mol. The molecule has 0 unspecified atom stereocenters. The summed E-state index contributed by atoms with van der Waals surface area (Å²) in [6, 6.07) is 5.56. The number of amides is 1. The van der Waals surface area contributed by atoms with Crippen LogP contribution in [0.25, 0.3) is 10.9 Å². The van der Waals surface area contributed by atoms with E-state index in [1.54, 1.807) is 6.07 Å². The van der Waals surface area contributed by atoms with Gasteiger partial charge in [0.2, 0.25) is 5.91 Å². The number of pyridine rings is 1. The predicted octanol–water partition coefficient (Wildman–Crippen LogP) is 0.599. The molecule has 1 aromatic heterocycles. The van der Waals surface area contributed by atoms with Gasteiger partial charge < -0.3 is 10.3 Å². The first-order chi connectivity index (χ1) is 9.61. The number of hydrogen-bond donors (Lipinski definition) is 2. The van der Waals surface area contributed by atoms with Gasteiger partial charge in [0.15, 0.2) is 5.43 Å². The monoisotopic (exact) mass is 275 g/mol. The summed E-state index contributed by atoms with van der Waals surface area (Å²) in [7, 11) is 0. The quantitative estimate of drug-likeness (QED) is 0.843. The highest BCUT2D eigenvalue weighted by Crippen LogP contribution is 2.11. The topological polar surface area (TPSA) is 65.2 Å². The van der Waals surface area contributed by atoms with Crippen LogP contribution in [0, 0.1) is 5.82 Å². The Balaban J connectivity index is 1.91. The number of nitrogens with one attached hydrogen (secondary N) is 2. The third-order valence-electron chi connectivity index (χ3n) is 3.36. The van der Waals surface area contributed by atoms with Gasteiger partial charge in [0.1, 0.15) is 5.82 Å². The van der Waals surface area contributed by atoms with Gasteiger partial charge in [-0.2, -0.15) is 0 Å². The van der Waals surface area contributed by atoms with E-state index in [4.69, 9.17) is 0 Å². The fourth-order valence-corrected chi connectivity index (χ4v) is 2.43. The summed E-state index contributed by atoms with van der Waals surface area (Å²) in [5.41, 5.74) is 1.12. The molecule has 20 heavy (non-hydrogen) atoms. The number of rotatable bonds is 2. The highest BCUT2D eigenvalue weighted by Gasteiger charge is 2.16. The van der Waals surface area contributed by atoms with Crippen molar-refractivity contribution in [1.29, 1.82) is 0 Å². The highest BCUT2D eigenvalue weighted by molar-refractivity contribution is 5.79. The maximum atomic E-state index is 13.1. The minimum Gasteiger partial charge on any atom is -0.357 e. The summed E-state index contributed by atoms with van der Waals surface area (Å²) < 4.78 is 13.1. The number of piperazine rings is 1. The van der Waals surface area contributed by atoms with Crippen LogP contribution in [0.15, 0.2) is 29.1 Å². The van der Waals surface area contributed by atoms with E-state index in [-0.39, 0.29) is 11.3 Å². The van der Waals surface area contributed by atoms with E-state index >= 15 is 0 Å². The predicted molar refractivity (Wildman–Crippen MR) is 72.8 cm³/mol. The number of carbonyl (C=O) groups is 1. The average molecular weight is 275 g/mol. The fourth-order valence-electron chi connectivity index (χ4n) is 2.43. The zero-order chi connectivity index (χ0) is 14.1. The zero-order valence-electron chi connectivity index (χ0n) is 10.8. The Labute approximate surface area is 114 Å². The number of nitrogens with zero attached hydrogens (tertiary/aromatic N) is 1. The second-order valence-corrected chi connectivity index (χ2v) is 4.91. The van der Waals surface area contributed by atoms with Crippen molar-refractivity contribution in [1.82, 2.24) is 15.2 Å². The van der Waals surface area contributed by atoms with Crippen LogP contribution >= 0.6 is 0 Å². The van der Waals surface area contributed by atoms with Gasteiger partial charge in [-0.1, -0.05) is 0 Å². The Morgan fingerprint density at radius 2 is 2.10 bits per heavy atom. The van der Waals surface area contributed by atoms with Crippen LogP contribution < -0.4 is 10.7 Å². The van der Waals surface area contributed by atoms with Crippen LogP contribution in [0.2, 0.25) is 0 Å². The second kappa shape index (κ2) is 5.05. The number of H-pyrrole nitrogens is 1. The zero-order valence-corrected chi connectivity index (χ0v) is 10.8. The first-order valence-corrected chi connectivity index (χ1v) is 6.42. The van der Waals surface area contributed by atoms with Crippen molar-refractivity contribution in [3.05, 3.63) is 46.0 Å². The van der Waals surface area contributed by atoms with Crippen molar-refractivity contribution in [2.24, 2.45) is 0 Å². The maximum absolute atomic E-state index is 13.1. The standard InChI is InChI=1S/C14H14FN3O2/c15-9-1-2-12-11(5-9)13(19)6-10(17-12)7-18-4-3-16-14(20)8-18/h1-2,5-6H,3-4,7-8H2,(H,16,20)(H,17,19). The van der Waals surface area contributed by atoms with E-state index < -0.39 is 5.82 Å². The number of hydrogen-bond acceptors (Lipinski definition) is 3. The molecule has 2 heterocycles. The first-order valence-electron chi connectivity index (χ1n) is 6.42. The summed E-state index contributed by atoms with van der Waals surface area (Å²) in [5.74, 6) is -0.440. The minimum atomic E-state index is -0.427. The molecule has 1 amide bonds. The van der Waals surface area contributed by atoms with Crippen molar-refractivity contribution in [2.75, 3.05) is 19.6 Å². The van der Waals surface area contributed by atoms with E-state index in [2.05, 4.69) is 10.3 Å². The molecule has 6 heteroatoms. The smallest absolute Gasteiger partial charge is 0.234 e. The molecule has 5 nitrogen and oxygen atoms in total. The third-order valence-corrected chi connectivity index (χ3v) is 3.36. The molecule has 0 bridgehead atoms. The van der Waals surface area contributed by atoms with Crippen molar-refractivity contribution < 1.29 is 9.18 Å². The molecule has 1 aliphatic rings. The molecule has 3 rings (SSSR count). The van der Waals surface area contributed by atoms with Crippen LogP contribution in [0.5, 0.6) is 0 Å². The molecule has 0 radical (unpaired) electrons. The van der Waals surface area contributed by atoms with Gasteiger partial charge in [0, 0.05) is 42.3 Å². The van der Waals surface area contributed by atoms with Gasteiger partial charge in [0.25, 0.3) is 0 Å². The van der Waals surface area contributed by atoms with Crippen LogP contribution in [-0.2, 0) is 11.3 Å². The summed E-state index contributed by atoms with van der Waals surface area (Å²) in [4.78, 5) is 28.4. The molecule has 2 N–H and O–H groups in total. The van der Waals surface area contributed by atoms with Gasteiger partial charge in [-0.15, -0.1) is 0 Å². The number of halogens is 1. The molecule has 1 saturated heterocycles. The van der Waals surface area contributed by atoms with E-state index in [9.17, 15) is 14.0 Å². The van der Waals surface area contributed by atoms with Gasteiger partial charge in [-0.25, -0.2) is 4.39 Å². The van der Waals surface area contributed by atoms with Gasteiger partial charge in [0.05, 0.1) is 6.54 Å². The molecule has 0 aliphatic carbocycles. The van der Waals surface area contributed by atoms with Crippen molar-refractivity contribution in [3.8, 4) is 0 Å². The van der Waals surface area contributed by atoms with E-state index in [1.807, 2.05) is 4.90 Å². The number of aromatic amines is 1. The molecule has 0 saturated carbocycles. The molecule has 1 fully saturated rings. The highest BCUT2D eigenvalue weighted by atomic mass is 19.1. The minimum absolute atomic E-state index is 0.0125. The number of carbonyl (C=O) groups excluding carboxylic acids is 1. The summed E-state index contributed by atoms with van der Waals surface area (Å²) >= 11 is 0. The Morgan fingerprint density at radius 3 is 2.90 bits per heavy atom. The van der Waals surface area contributed by atoms with Crippen molar-refractivity contribution in [2.45, 2.75) is 6.54 Å². The lowest BCUT2D eigenvalue weighted by molar-refractivity contribution is -0.124. The fraction of sp³-hybridized carbons (Fsp3) is 0.286. The largest absolute Gasteiger partial charge is 0.357 e. The lowest BCUT2D eigenvalue weighted by Crippen LogP contribution is -2.47. The van der Waals surface area contributed by atoms with E-state index in [0.717, 1.165) is 12.2 Å². The maximum Gasteiger partial charge on any atom is 0.234 e. The lowest BCUT2D eigenvalue weighted by atomic mass is 10.2. The van der Waals surface area contributed by atoms with Gasteiger partial charge in [-0.3, -0.25) is 14.5 Å². The van der Waals surface area contributed by atoms with Gasteiger partial charge in [-0.05, 0) is 18.2 Å². The summed E-state index contributed by atoms with van der Waals surface area (Å²) in [6.07, 6.45) is 0. The van der Waals surface area contributed by atoms with Gasteiger partial charge >= 0.3 is 0 Å². The van der Waals surface area contributed by atoms with Crippen LogP contribution in [0.1, 0.15) is 5.69 Å².